The number of hydrogen-bond acceptors (Lipinski definition) is 4. The smallest absolute Gasteiger partial charge is 0.413 e. The molecule has 0 unspecified atom stereocenters. The third-order valence-corrected chi connectivity index (χ3v) is 3.70. The molecule has 5 heteroatoms. The maximum atomic E-state index is 12.0. The number of nitrogens with zero attached hydrogens (tertiary/aromatic N) is 2. The summed E-state index contributed by atoms with van der Waals surface area (Å²) < 4.78 is 5.18. The van der Waals surface area contributed by atoms with Gasteiger partial charge in [0.25, 0.3) is 0 Å². The third kappa shape index (κ3) is 3.18. The van der Waals surface area contributed by atoms with Crippen molar-refractivity contribution in [3.05, 3.63) is 71.3 Å². The molecule has 0 radical (unpaired) electrons. The number of anilines is 1. The number of carbonyl (C=O) groups is 1. The number of para-hydroxylation sites is 1. The molecule has 1 amide bonds. The van der Waals surface area contributed by atoms with E-state index in [1.165, 1.54) is 0 Å². The summed E-state index contributed by atoms with van der Waals surface area (Å²) in [4.78, 5) is 16.4. The average Bonchev–Trinajstić information content (AvgIpc) is 2.61. The standard InChI is InChI=1S/C19H15N3O2/c1-13-15-9-5-6-10-17(15)21-18(16(13)11-20)22-19(23)24-12-14-7-3-2-4-8-14/h2-10H,12H2,1H3,(H,21,22,23). The lowest BCUT2D eigenvalue weighted by Crippen LogP contribution is -2.16. The average molecular weight is 317 g/mol. The molecule has 0 saturated heterocycles. The molecule has 0 aliphatic rings. The van der Waals surface area contributed by atoms with Crippen LogP contribution in [0.15, 0.2) is 54.6 Å². The van der Waals surface area contributed by atoms with Crippen LogP contribution in [0.5, 0.6) is 0 Å². The molecule has 24 heavy (non-hydrogen) atoms. The Morgan fingerprint density at radius 3 is 2.62 bits per heavy atom. The monoisotopic (exact) mass is 317 g/mol. The lowest BCUT2D eigenvalue weighted by molar-refractivity contribution is 0.155. The van der Waals surface area contributed by atoms with E-state index in [4.69, 9.17) is 4.74 Å². The number of nitriles is 1. The van der Waals surface area contributed by atoms with E-state index in [1.54, 1.807) is 0 Å². The zero-order valence-electron chi connectivity index (χ0n) is 13.1. The molecule has 0 fully saturated rings. The molecule has 3 aromatic rings. The molecule has 3 rings (SSSR count). The van der Waals surface area contributed by atoms with Gasteiger partial charge in [-0.15, -0.1) is 0 Å². The van der Waals surface area contributed by atoms with Crippen molar-refractivity contribution in [1.82, 2.24) is 4.98 Å². The minimum atomic E-state index is -0.641. The summed E-state index contributed by atoms with van der Waals surface area (Å²) in [6.07, 6.45) is -0.641. The Bertz CT molecular complexity index is 930. The van der Waals surface area contributed by atoms with Crippen molar-refractivity contribution in [1.29, 1.82) is 5.26 Å². The Morgan fingerprint density at radius 2 is 1.88 bits per heavy atom. The maximum absolute atomic E-state index is 12.0. The first-order valence-corrected chi connectivity index (χ1v) is 7.46. The number of fused-ring (bicyclic) bond motifs is 1. The summed E-state index contributed by atoms with van der Waals surface area (Å²) in [7, 11) is 0. The Labute approximate surface area is 139 Å². The number of aryl methyl sites for hydroxylation is 1. The van der Waals surface area contributed by atoms with Crippen molar-refractivity contribution in [3.8, 4) is 6.07 Å². The van der Waals surface area contributed by atoms with E-state index in [1.807, 2.05) is 61.5 Å². The second kappa shape index (κ2) is 6.80. The zero-order chi connectivity index (χ0) is 16.9. The van der Waals surface area contributed by atoms with Crippen molar-refractivity contribution >= 4 is 22.8 Å². The van der Waals surface area contributed by atoms with Crippen molar-refractivity contribution in [2.45, 2.75) is 13.5 Å². The normalized spacial score (nSPS) is 10.2. The molecular weight excluding hydrogens is 302 g/mol. The van der Waals surface area contributed by atoms with Crippen LogP contribution in [0.2, 0.25) is 0 Å². The van der Waals surface area contributed by atoms with E-state index in [2.05, 4.69) is 16.4 Å². The molecule has 1 aromatic heterocycles. The number of rotatable bonds is 3. The number of carbonyl (C=O) groups excluding carboxylic acids is 1. The van der Waals surface area contributed by atoms with Crippen LogP contribution in [-0.2, 0) is 11.3 Å². The Morgan fingerprint density at radius 1 is 1.17 bits per heavy atom. The number of amides is 1. The fraction of sp³-hybridized carbons (Fsp3) is 0.105. The molecule has 0 saturated carbocycles. The quantitative estimate of drug-likeness (QED) is 0.787. The van der Waals surface area contributed by atoms with Crippen LogP contribution in [0.1, 0.15) is 16.7 Å². The lowest BCUT2D eigenvalue weighted by Gasteiger charge is -2.11. The predicted molar refractivity (Wildman–Crippen MR) is 91.4 cm³/mol. The van der Waals surface area contributed by atoms with Crippen LogP contribution in [0, 0.1) is 18.3 Å². The largest absolute Gasteiger partial charge is 0.444 e. The molecule has 0 bridgehead atoms. The van der Waals surface area contributed by atoms with Crippen LogP contribution in [0.3, 0.4) is 0 Å². The Balaban J connectivity index is 1.81. The van der Waals surface area contributed by atoms with Gasteiger partial charge in [-0.25, -0.2) is 9.78 Å². The van der Waals surface area contributed by atoms with E-state index in [9.17, 15) is 10.1 Å². The topological polar surface area (TPSA) is 75.0 Å². The molecule has 0 spiro atoms. The highest BCUT2D eigenvalue weighted by atomic mass is 16.5. The number of ether oxygens (including phenoxy) is 1. The fourth-order valence-electron chi connectivity index (χ4n) is 2.46. The molecule has 2 aromatic carbocycles. The molecule has 1 heterocycles. The Kier molecular flexibility index (Phi) is 4.39. The second-order valence-corrected chi connectivity index (χ2v) is 5.28. The number of hydrogen-bond donors (Lipinski definition) is 1. The van der Waals surface area contributed by atoms with Crippen molar-refractivity contribution < 1.29 is 9.53 Å². The SMILES string of the molecule is Cc1c(C#N)c(NC(=O)OCc2ccccc2)nc2ccccc12. The van der Waals surface area contributed by atoms with Gasteiger partial charge in [-0.3, -0.25) is 5.32 Å². The van der Waals surface area contributed by atoms with Gasteiger partial charge in [-0.2, -0.15) is 5.26 Å². The highest BCUT2D eigenvalue weighted by Gasteiger charge is 2.14. The highest BCUT2D eigenvalue weighted by Crippen LogP contribution is 2.25. The molecule has 0 aliphatic heterocycles. The maximum Gasteiger partial charge on any atom is 0.413 e. The van der Waals surface area contributed by atoms with Gasteiger partial charge in [0, 0.05) is 5.39 Å². The lowest BCUT2D eigenvalue weighted by atomic mass is 10.0. The van der Waals surface area contributed by atoms with Gasteiger partial charge < -0.3 is 4.74 Å². The minimum absolute atomic E-state index is 0.154. The first-order valence-electron chi connectivity index (χ1n) is 7.46. The molecule has 0 aliphatic carbocycles. The molecule has 1 N–H and O–H groups in total. The van der Waals surface area contributed by atoms with Crippen LogP contribution in [0.25, 0.3) is 10.9 Å². The molecular formula is C19H15N3O2. The van der Waals surface area contributed by atoms with Crippen LogP contribution < -0.4 is 5.32 Å². The second-order valence-electron chi connectivity index (χ2n) is 5.28. The molecule has 118 valence electrons. The summed E-state index contributed by atoms with van der Waals surface area (Å²) in [5.74, 6) is 0.215. The summed E-state index contributed by atoms with van der Waals surface area (Å²) >= 11 is 0. The van der Waals surface area contributed by atoms with Gasteiger partial charge >= 0.3 is 6.09 Å². The van der Waals surface area contributed by atoms with E-state index in [0.29, 0.717) is 11.1 Å². The van der Waals surface area contributed by atoms with Crippen molar-refractivity contribution in [2.24, 2.45) is 0 Å². The van der Waals surface area contributed by atoms with Crippen LogP contribution in [0.4, 0.5) is 10.6 Å². The zero-order valence-corrected chi connectivity index (χ0v) is 13.1. The number of nitrogens with one attached hydrogen (secondary N) is 1. The first kappa shape index (κ1) is 15.5. The number of benzene rings is 2. The van der Waals surface area contributed by atoms with Gasteiger partial charge in [0.2, 0.25) is 0 Å². The van der Waals surface area contributed by atoms with E-state index in [-0.39, 0.29) is 12.4 Å². The van der Waals surface area contributed by atoms with Crippen LogP contribution in [-0.4, -0.2) is 11.1 Å². The van der Waals surface area contributed by atoms with E-state index in [0.717, 1.165) is 16.5 Å². The summed E-state index contributed by atoms with van der Waals surface area (Å²) in [6.45, 7) is 1.99. The van der Waals surface area contributed by atoms with E-state index >= 15 is 0 Å². The molecule has 5 nitrogen and oxygen atoms in total. The summed E-state index contributed by atoms with van der Waals surface area (Å²) in [5, 5.41) is 12.9. The predicted octanol–water partition coefficient (Wildman–Crippen LogP) is 4.16. The van der Waals surface area contributed by atoms with Crippen molar-refractivity contribution in [2.75, 3.05) is 5.32 Å². The highest BCUT2D eigenvalue weighted by molar-refractivity contribution is 5.91. The van der Waals surface area contributed by atoms with Gasteiger partial charge in [0.05, 0.1) is 11.1 Å². The number of aromatic nitrogens is 1. The first-order chi connectivity index (χ1) is 11.7. The van der Waals surface area contributed by atoms with Gasteiger partial charge in [0.15, 0.2) is 5.82 Å². The molecule has 0 atom stereocenters. The van der Waals surface area contributed by atoms with Gasteiger partial charge in [-0.05, 0) is 24.1 Å². The Hall–Kier alpha value is -3.39. The van der Waals surface area contributed by atoms with Gasteiger partial charge in [0.1, 0.15) is 12.7 Å². The number of pyridine rings is 1. The fourth-order valence-corrected chi connectivity index (χ4v) is 2.46. The van der Waals surface area contributed by atoms with E-state index < -0.39 is 6.09 Å². The van der Waals surface area contributed by atoms with Crippen LogP contribution >= 0.6 is 0 Å². The minimum Gasteiger partial charge on any atom is -0.444 e. The summed E-state index contributed by atoms with van der Waals surface area (Å²) in [6, 6.07) is 19.0. The summed E-state index contributed by atoms with van der Waals surface area (Å²) in [5.41, 5.74) is 2.72. The third-order valence-electron chi connectivity index (χ3n) is 3.70. The van der Waals surface area contributed by atoms with Crippen molar-refractivity contribution in [3.63, 3.8) is 0 Å². The van der Waals surface area contributed by atoms with Gasteiger partial charge in [-0.1, -0.05) is 48.5 Å².